The Kier molecular flexibility index (Phi) is 6.39. The molecule has 2 N–H and O–H groups in total. The fourth-order valence-corrected chi connectivity index (χ4v) is 5.03. The Hall–Kier alpha value is -1.42. The second-order valence-corrected chi connectivity index (χ2v) is 7.89. The summed E-state index contributed by atoms with van der Waals surface area (Å²) < 4.78 is 11.0. The fourth-order valence-electron chi connectivity index (χ4n) is 2.86. The first-order chi connectivity index (χ1) is 11.4. The number of aliphatic carboxylic acids is 1. The molecule has 0 heterocycles. The van der Waals surface area contributed by atoms with Crippen LogP contribution in [-0.4, -0.2) is 33.7 Å². The molecule has 0 radical (unpaired) electrons. The Labute approximate surface area is 147 Å². The molecule has 6 heteroatoms. The molecule has 2 aromatic rings. The highest BCUT2D eigenvalue weighted by Gasteiger charge is 2.48. The zero-order valence-corrected chi connectivity index (χ0v) is 15.5. The van der Waals surface area contributed by atoms with Crippen molar-refractivity contribution in [3.63, 3.8) is 0 Å². The highest BCUT2D eigenvalue weighted by Crippen LogP contribution is 2.36. The Morgan fingerprint density at radius 3 is 2.50 bits per heavy atom. The lowest BCUT2D eigenvalue weighted by Gasteiger charge is -2.31. The van der Waals surface area contributed by atoms with E-state index in [0.717, 1.165) is 15.7 Å². The van der Waals surface area contributed by atoms with E-state index >= 15 is 0 Å². The SMILES string of the molecule is CC(C)C(CSc1cccc2ccccc12)C(O)(C[PH+]=O)C(=O)O. The minimum Gasteiger partial charge on any atom is -0.479 e. The van der Waals surface area contributed by atoms with Crippen LogP contribution in [-0.2, 0) is 9.36 Å². The standard InChI is InChI=1S/C18H21O4PS/c1-12(2)15(18(21,11-23-22)17(19)20)10-24-16-9-5-7-13-6-3-4-8-14(13)16/h3-9,12,15,21H,10-11H2,1-2H3,(H,19,20)/p+1. The van der Waals surface area contributed by atoms with Crippen LogP contribution in [0.1, 0.15) is 13.8 Å². The second-order valence-electron chi connectivity index (χ2n) is 6.19. The van der Waals surface area contributed by atoms with Gasteiger partial charge in [0, 0.05) is 16.6 Å². The molecule has 0 aliphatic rings. The zero-order valence-electron chi connectivity index (χ0n) is 13.7. The first-order valence-corrected chi connectivity index (χ1v) is 9.91. The molecule has 0 saturated carbocycles. The predicted molar refractivity (Wildman–Crippen MR) is 99.5 cm³/mol. The van der Waals surface area contributed by atoms with E-state index < -0.39 is 25.9 Å². The summed E-state index contributed by atoms with van der Waals surface area (Å²) in [6, 6.07) is 14.0. The molecule has 128 valence electrons. The van der Waals surface area contributed by atoms with Gasteiger partial charge in [0.05, 0.1) is 0 Å². The van der Waals surface area contributed by atoms with Crippen LogP contribution in [0.2, 0.25) is 0 Å². The molecule has 0 bridgehead atoms. The van der Waals surface area contributed by atoms with E-state index in [0.29, 0.717) is 5.75 Å². The molecule has 0 fully saturated rings. The van der Waals surface area contributed by atoms with Crippen LogP contribution in [0.5, 0.6) is 0 Å². The lowest BCUT2D eigenvalue weighted by molar-refractivity contribution is -0.162. The summed E-state index contributed by atoms with van der Waals surface area (Å²) in [6.45, 7) is 3.77. The summed E-state index contributed by atoms with van der Waals surface area (Å²) in [5, 5.41) is 22.3. The van der Waals surface area contributed by atoms with E-state index in [2.05, 4.69) is 0 Å². The molecule has 3 atom stereocenters. The average Bonchev–Trinajstić information content (AvgIpc) is 2.55. The molecule has 0 aromatic heterocycles. The molecule has 2 rings (SSSR count). The average molecular weight is 365 g/mol. The van der Waals surface area contributed by atoms with Gasteiger partial charge in [0.25, 0.3) is 0 Å². The number of carboxylic acids is 1. The second kappa shape index (κ2) is 8.11. The zero-order chi connectivity index (χ0) is 17.7. The number of hydrogen-bond acceptors (Lipinski definition) is 4. The highest BCUT2D eigenvalue weighted by atomic mass is 32.2. The van der Waals surface area contributed by atoms with Gasteiger partial charge in [-0.05, 0) is 22.8 Å². The Balaban J connectivity index is 2.28. The van der Waals surface area contributed by atoms with Gasteiger partial charge in [0.15, 0.2) is 6.16 Å². The van der Waals surface area contributed by atoms with Gasteiger partial charge in [0.2, 0.25) is 5.60 Å². The predicted octanol–water partition coefficient (Wildman–Crippen LogP) is 4.04. The maximum absolute atomic E-state index is 11.6. The van der Waals surface area contributed by atoms with Crippen molar-refractivity contribution in [2.45, 2.75) is 24.3 Å². The van der Waals surface area contributed by atoms with Gasteiger partial charge in [-0.3, -0.25) is 0 Å². The molecule has 2 aromatic carbocycles. The minimum absolute atomic E-state index is 0.0510. The van der Waals surface area contributed by atoms with Crippen LogP contribution in [0.4, 0.5) is 0 Å². The number of rotatable bonds is 8. The smallest absolute Gasteiger partial charge is 0.340 e. The maximum Gasteiger partial charge on any atom is 0.340 e. The van der Waals surface area contributed by atoms with Crippen molar-refractivity contribution in [3.8, 4) is 0 Å². The van der Waals surface area contributed by atoms with E-state index in [1.807, 2.05) is 56.3 Å². The van der Waals surface area contributed by atoms with Crippen LogP contribution in [0.15, 0.2) is 47.4 Å². The highest BCUT2D eigenvalue weighted by molar-refractivity contribution is 7.99. The van der Waals surface area contributed by atoms with Crippen molar-refractivity contribution in [3.05, 3.63) is 42.5 Å². The van der Waals surface area contributed by atoms with Gasteiger partial charge < -0.3 is 10.2 Å². The number of aliphatic hydroxyl groups is 1. The number of hydrogen-bond donors (Lipinski definition) is 2. The first kappa shape index (κ1) is 18.9. The molecular formula is C18H22O4PS+. The normalized spacial score (nSPS) is 15.5. The molecule has 0 aliphatic carbocycles. The van der Waals surface area contributed by atoms with Crippen LogP contribution >= 0.6 is 20.2 Å². The first-order valence-electron chi connectivity index (χ1n) is 7.81. The third-order valence-corrected chi connectivity index (χ3v) is 6.17. The molecule has 4 nitrogen and oxygen atoms in total. The summed E-state index contributed by atoms with van der Waals surface area (Å²) in [6.07, 6.45) is -0.249. The lowest BCUT2D eigenvalue weighted by atomic mass is 9.82. The molecule has 0 saturated heterocycles. The quantitative estimate of drug-likeness (QED) is 0.545. The van der Waals surface area contributed by atoms with E-state index in [9.17, 15) is 19.6 Å². The Morgan fingerprint density at radius 2 is 1.88 bits per heavy atom. The van der Waals surface area contributed by atoms with E-state index in [4.69, 9.17) is 0 Å². The number of carbonyl (C=O) groups is 1. The molecule has 0 aliphatic heterocycles. The summed E-state index contributed by atoms with van der Waals surface area (Å²) in [7, 11) is -0.847. The molecule has 24 heavy (non-hydrogen) atoms. The van der Waals surface area contributed by atoms with Crippen LogP contribution in [0, 0.1) is 11.8 Å². The van der Waals surface area contributed by atoms with Crippen molar-refractivity contribution >= 4 is 37.0 Å². The number of fused-ring (bicyclic) bond motifs is 1. The van der Waals surface area contributed by atoms with E-state index in [-0.39, 0.29) is 12.1 Å². The number of benzene rings is 2. The topological polar surface area (TPSA) is 74.6 Å². The van der Waals surface area contributed by atoms with Crippen molar-refractivity contribution < 1.29 is 19.6 Å². The molecule has 0 spiro atoms. The van der Waals surface area contributed by atoms with Crippen LogP contribution in [0.25, 0.3) is 10.8 Å². The van der Waals surface area contributed by atoms with Gasteiger partial charge in [-0.2, -0.15) is 0 Å². The van der Waals surface area contributed by atoms with Gasteiger partial charge in [-0.15, -0.1) is 11.8 Å². The summed E-state index contributed by atoms with van der Waals surface area (Å²) in [5.41, 5.74) is -1.97. The largest absolute Gasteiger partial charge is 0.479 e. The summed E-state index contributed by atoms with van der Waals surface area (Å²) >= 11 is 1.53. The van der Waals surface area contributed by atoms with Crippen molar-refractivity contribution in [1.82, 2.24) is 0 Å². The monoisotopic (exact) mass is 365 g/mol. The van der Waals surface area contributed by atoms with Crippen molar-refractivity contribution in [2.75, 3.05) is 11.9 Å². The van der Waals surface area contributed by atoms with Crippen LogP contribution < -0.4 is 0 Å². The van der Waals surface area contributed by atoms with E-state index in [1.54, 1.807) is 0 Å². The molecule has 0 amide bonds. The summed E-state index contributed by atoms with van der Waals surface area (Å²) in [5.74, 6) is -1.41. The third kappa shape index (κ3) is 3.97. The third-order valence-electron chi connectivity index (χ3n) is 4.30. The van der Waals surface area contributed by atoms with Crippen molar-refractivity contribution in [1.29, 1.82) is 0 Å². The van der Waals surface area contributed by atoms with Gasteiger partial charge in [-0.25, -0.2) is 4.79 Å². The number of thioether (sulfide) groups is 1. The van der Waals surface area contributed by atoms with Crippen molar-refractivity contribution in [2.24, 2.45) is 11.8 Å². The van der Waals surface area contributed by atoms with Gasteiger partial charge in [-0.1, -0.05) is 54.8 Å². The molecule has 3 unspecified atom stereocenters. The Bertz CT molecular complexity index is 729. The maximum atomic E-state index is 11.6. The number of carboxylic acid groups (broad SMARTS) is 1. The summed E-state index contributed by atoms with van der Waals surface area (Å²) in [4.78, 5) is 12.6. The van der Waals surface area contributed by atoms with Gasteiger partial charge >= 0.3 is 14.4 Å². The van der Waals surface area contributed by atoms with E-state index in [1.165, 1.54) is 11.8 Å². The lowest BCUT2D eigenvalue weighted by Crippen LogP contribution is -2.50. The minimum atomic E-state index is -1.97. The van der Waals surface area contributed by atoms with Gasteiger partial charge in [0.1, 0.15) is 0 Å². The fraction of sp³-hybridized carbons (Fsp3) is 0.389. The van der Waals surface area contributed by atoms with Crippen LogP contribution in [0.3, 0.4) is 0 Å². The molecular weight excluding hydrogens is 343 g/mol. The Morgan fingerprint density at radius 1 is 1.21 bits per heavy atom.